The van der Waals surface area contributed by atoms with Crippen molar-refractivity contribution in [1.82, 2.24) is 0 Å². The van der Waals surface area contributed by atoms with Crippen LogP contribution in [0.25, 0.3) is 21.5 Å². The summed E-state index contributed by atoms with van der Waals surface area (Å²) in [5, 5.41) is 5.62. The third-order valence-corrected chi connectivity index (χ3v) is 2.19. The highest BCUT2D eigenvalue weighted by molar-refractivity contribution is 7.79. The van der Waals surface area contributed by atoms with Gasteiger partial charge in [-0.25, -0.2) is 0 Å². The van der Waals surface area contributed by atoms with Crippen molar-refractivity contribution in [3.05, 3.63) is 36.4 Å². The van der Waals surface area contributed by atoms with Crippen LogP contribution in [0.5, 0.6) is 0 Å². The molecule has 0 amide bonds. The van der Waals surface area contributed by atoms with Gasteiger partial charge < -0.3 is 0 Å². The average Bonchev–Trinajstić information content (AvgIpc) is 2.07. The van der Waals surface area contributed by atoms with Crippen molar-refractivity contribution in [2.45, 2.75) is 0 Å². The zero-order valence-corrected chi connectivity index (χ0v) is 8.40. The predicted molar refractivity (Wildman–Crippen MR) is 58.0 cm³/mol. The molecular weight excluding hydrogens is 216 g/mol. The van der Waals surface area contributed by atoms with Crippen molar-refractivity contribution in [3.8, 4) is 0 Å². The molecular formula is C10H8O4S. The minimum Gasteiger partial charge on any atom is -0.264 e. The van der Waals surface area contributed by atoms with Gasteiger partial charge in [0, 0.05) is 0 Å². The van der Waals surface area contributed by atoms with Crippen molar-refractivity contribution >= 4 is 31.9 Å². The zero-order valence-electron chi connectivity index (χ0n) is 7.58. The first-order chi connectivity index (χ1) is 6.95. The number of benzene rings is 3. The van der Waals surface area contributed by atoms with Crippen molar-refractivity contribution in [2.75, 3.05) is 0 Å². The van der Waals surface area contributed by atoms with E-state index >= 15 is 0 Å². The van der Waals surface area contributed by atoms with Gasteiger partial charge in [-0.05, 0) is 27.6 Å². The Labute approximate surface area is 86.4 Å². The Bertz CT molecular complexity index is 611. The molecule has 78 valence electrons. The highest BCUT2D eigenvalue weighted by atomic mass is 32.3. The quantitative estimate of drug-likeness (QED) is 0.574. The highest BCUT2D eigenvalue weighted by Crippen LogP contribution is 2.32. The lowest BCUT2D eigenvalue weighted by Gasteiger charge is -2.09. The lowest BCUT2D eigenvalue weighted by atomic mass is 9.95. The summed E-state index contributed by atoms with van der Waals surface area (Å²) >= 11 is 0. The van der Waals surface area contributed by atoms with Gasteiger partial charge in [-0.1, -0.05) is 30.3 Å². The Kier molecular flexibility index (Phi) is 2.22. The number of rotatable bonds is 0. The van der Waals surface area contributed by atoms with E-state index in [-0.39, 0.29) is 0 Å². The summed E-state index contributed by atoms with van der Waals surface area (Å²) in [4.78, 5) is 0. The van der Waals surface area contributed by atoms with E-state index in [4.69, 9.17) is 17.5 Å². The van der Waals surface area contributed by atoms with Crippen molar-refractivity contribution in [2.24, 2.45) is 0 Å². The zero-order chi connectivity index (χ0) is 11.1. The van der Waals surface area contributed by atoms with Crippen LogP contribution in [-0.2, 0) is 10.4 Å². The van der Waals surface area contributed by atoms with E-state index in [9.17, 15) is 0 Å². The first kappa shape index (κ1) is 10.1. The molecule has 5 heteroatoms. The van der Waals surface area contributed by atoms with Crippen LogP contribution >= 0.6 is 0 Å². The summed E-state index contributed by atoms with van der Waals surface area (Å²) < 4.78 is 31.6. The molecule has 0 unspecified atom stereocenters. The van der Waals surface area contributed by atoms with Crippen LogP contribution in [0.1, 0.15) is 0 Å². The summed E-state index contributed by atoms with van der Waals surface area (Å²) in [5.74, 6) is 0. The lowest BCUT2D eigenvalue weighted by Crippen LogP contribution is -1.89. The van der Waals surface area contributed by atoms with Gasteiger partial charge in [0.15, 0.2) is 0 Å². The van der Waals surface area contributed by atoms with Crippen LogP contribution in [0.4, 0.5) is 0 Å². The van der Waals surface area contributed by atoms with E-state index in [1.165, 1.54) is 21.5 Å². The Morgan fingerprint density at radius 3 is 1.93 bits per heavy atom. The second-order valence-electron chi connectivity index (χ2n) is 3.19. The van der Waals surface area contributed by atoms with Crippen LogP contribution in [0.3, 0.4) is 0 Å². The number of hydrogen-bond acceptors (Lipinski definition) is 2. The van der Waals surface area contributed by atoms with Crippen LogP contribution in [0, 0.1) is 0 Å². The molecule has 0 saturated heterocycles. The largest absolute Gasteiger partial charge is 0.394 e. The van der Waals surface area contributed by atoms with E-state index in [0.29, 0.717) is 0 Å². The third-order valence-electron chi connectivity index (χ3n) is 2.19. The van der Waals surface area contributed by atoms with Crippen molar-refractivity contribution in [1.29, 1.82) is 0 Å². The topological polar surface area (TPSA) is 74.6 Å². The molecule has 4 rings (SSSR count). The molecule has 0 fully saturated rings. The molecule has 0 aliphatic rings. The SMILES string of the molecule is O=S(=O)(O)O.c1cc2ccc3cc2c3c1. The van der Waals surface area contributed by atoms with E-state index in [0.717, 1.165) is 0 Å². The molecule has 0 atom stereocenters. The normalized spacial score (nSPS) is 11.9. The maximum atomic E-state index is 8.74. The molecule has 0 spiro atoms. The monoisotopic (exact) mass is 224 g/mol. The fourth-order valence-corrected chi connectivity index (χ4v) is 1.61. The van der Waals surface area contributed by atoms with Crippen LogP contribution < -0.4 is 0 Å². The molecule has 15 heavy (non-hydrogen) atoms. The van der Waals surface area contributed by atoms with Crippen LogP contribution in [0.2, 0.25) is 0 Å². The fourth-order valence-electron chi connectivity index (χ4n) is 1.61. The van der Waals surface area contributed by atoms with E-state index in [1.807, 2.05) is 0 Å². The third kappa shape index (κ3) is 2.15. The summed E-state index contributed by atoms with van der Waals surface area (Å²) in [5.41, 5.74) is 0. The number of fused-ring (bicyclic) bond motifs is 1. The van der Waals surface area contributed by atoms with E-state index < -0.39 is 10.4 Å². The molecule has 0 saturated carbocycles. The summed E-state index contributed by atoms with van der Waals surface area (Å²) in [6.07, 6.45) is 0. The lowest BCUT2D eigenvalue weighted by molar-refractivity contribution is 0.381. The van der Waals surface area contributed by atoms with Gasteiger partial charge in [0.1, 0.15) is 0 Å². The molecule has 0 heterocycles. The van der Waals surface area contributed by atoms with Gasteiger partial charge >= 0.3 is 10.4 Å². The minimum absolute atomic E-state index is 1.37. The molecule has 4 bridgehead atoms. The first-order valence-corrected chi connectivity index (χ1v) is 5.58. The van der Waals surface area contributed by atoms with E-state index in [2.05, 4.69) is 36.4 Å². The average molecular weight is 224 g/mol. The van der Waals surface area contributed by atoms with Crippen LogP contribution in [-0.4, -0.2) is 17.5 Å². The van der Waals surface area contributed by atoms with Gasteiger partial charge in [0.25, 0.3) is 0 Å². The Morgan fingerprint density at radius 2 is 1.47 bits per heavy atom. The minimum atomic E-state index is -4.67. The molecule has 2 N–H and O–H groups in total. The molecule has 0 aromatic heterocycles. The first-order valence-electron chi connectivity index (χ1n) is 4.18. The number of hydrogen-bond donors (Lipinski definition) is 2. The van der Waals surface area contributed by atoms with Gasteiger partial charge in [0.05, 0.1) is 0 Å². The second kappa shape index (κ2) is 3.30. The molecule has 0 aliphatic heterocycles. The smallest absolute Gasteiger partial charge is 0.264 e. The molecule has 4 aromatic carbocycles. The van der Waals surface area contributed by atoms with Gasteiger partial charge in [0.2, 0.25) is 0 Å². The predicted octanol–water partition coefficient (Wildman–Crippen LogP) is 2.22. The summed E-state index contributed by atoms with van der Waals surface area (Å²) in [6.45, 7) is 0. The molecule has 4 aromatic rings. The maximum absolute atomic E-state index is 8.74. The van der Waals surface area contributed by atoms with Crippen molar-refractivity contribution in [3.63, 3.8) is 0 Å². The Balaban J connectivity index is 0.000000149. The Morgan fingerprint density at radius 1 is 0.867 bits per heavy atom. The van der Waals surface area contributed by atoms with Crippen LogP contribution in [0.15, 0.2) is 36.4 Å². The molecule has 0 radical (unpaired) electrons. The van der Waals surface area contributed by atoms with Crippen molar-refractivity contribution < 1.29 is 17.5 Å². The van der Waals surface area contributed by atoms with Gasteiger partial charge in [-0.3, -0.25) is 9.11 Å². The Hall–Kier alpha value is -1.43. The highest BCUT2D eigenvalue weighted by Gasteiger charge is 2.04. The summed E-state index contributed by atoms with van der Waals surface area (Å²) in [6, 6.07) is 13.0. The maximum Gasteiger partial charge on any atom is 0.394 e. The summed E-state index contributed by atoms with van der Waals surface area (Å²) in [7, 11) is -4.67. The fraction of sp³-hybridized carbons (Fsp3) is 0. The van der Waals surface area contributed by atoms with Gasteiger partial charge in [-0.2, -0.15) is 8.42 Å². The van der Waals surface area contributed by atoms with E-state index in [1.54, 1.807) is 0 Å². The second-order valence-corrected chi connectivity index (χ2v) is 4.08. The molecule has 0 aliphatic carbocycles. The standard InChI is InChI=1S/C10H6.H2O4S/c1-2-7-4-5-8-6-10(7)9(8)3-1;1-5(2,3)4/h1-6H;(H2,1,2,3,4). The molecule has 4 nitrogen and oxygen atoms in total. The van der Waals surface area contributed by atoms with Gasteiger partial charge in [-0.15, -0.1) is 0 Å².